The molecule has 3 nitrogen and oxygen atoms in total. The standard InChI is InChI=1S/C25H29Cl2NO2/c1-29-24-10-16(3-5-23(24)30-15-17-2-4-21(26)22(27)9-17)14-28-25-11-18-6-19(12-25)8-20(7-18)13-25/h2-5,9-10,18-20,28H,6-8,11-15H2,1H3. The first-order valence-corrected chi connectivity index (χ1v) is 11.8. The second-order valence-electron chi connectivity index (χ2n) is 9.57. The first-order valence-electron chi connectivity index (χ1n) is 11.0. The predicted octanol–water partition coefficient (Wildman–Crippen LogP) is 6.64. The van der Waals surface area contributed by atoms with Gasteiger partial charge in [-0.15, -0.1) is 0 Å². The van der Waals surface area contributed by atoms with Gasteiger partial charge in [0.2, 0.25) is 0 Å². The summed E-state index contributed by atoms with van der Waals surface area (Å²) in [7, 11) is 1.69. The number of ether oxygens (including phenoxy) is 2. The molecule has 1 N–H and O–H groups in total. The smallest absolute Gasteiger partial charge is 0.161 e. The van der Waals surface area contributed by atoms with Gasteiger partial charge >= 0.3 is 0 Å². The van der Waals surface area contributed by atoms with Crippen LogP contribution >= 0.6 is 23.2 Å². The second kappa shape index (κ2) is 8.26. The Morgan fingerprint density at radius 1 is 0.867 bits per heavy atom. The molecule has 0 heterocycles. The van der Waals surface area contributed by atoms with Gasteiger partial charge in [0, 0.05) is 12.1 Å². The first-order chi connectivity index (χ1) is 14.5. The molecule has 4 aliphatic carbocycles. The van der Waals surface area contributed by atoms with E-state index in [0.717, 1.165) is 41.4 Å². The minimum absolute atomic E-state index is 0.366. The molecule has 0 unspecified atom stereocenters. The molecule has 6 rings (SSSR count). The van der Waals surface area contributed by atoms with Gasteiger partial charge in [-0.05, 0) is 91.7 Å². The van der Waals surface area contributed by atoms with E-state index in [1.165, 1.54) is 44.1 Å². The molecule has 2 aromatic rings. The summed E-state index contributed by atoms with van der Waals surface area (Å²) in [5.74, 6) is 4.36. The van der Waals surface area contributed by atoms with E-state index in [9.17, 15) is 0 Å². The summed E-state index contributed by atoms with van der Waals surface area (Å²) in [6.45, 7) is 1.30. The second-order valence-corrected chi connectivity index (χ2v) is 10.4. The summed E-state index contributed by atoms with van der Waals surface area (Å²) in [6, 6.07) is 11.8. The van der Waals surface area contributed by atoms with Crippen LogP contribution in [0.15, 0.2) is 36.4 Å². The lowest BCUT2D eigenvalue weighted by Gasteiger charge is -2.57. The molecule has 0 aromatic heterocycles. The Hall–Kier alpha value is -1.42. The highest BCUT2D eigenvalue weighted by molar-refractivity contribution is 6.42. The van der Waals surface area contributed by atoms with E-state index in [1.54, 1.807) is 13.2 Å². The van der Waals surface area contributed by atoms with Crippen molar-refractivity contribution >= 4 is 23.2 Å². The van der Waals surface area contributed by atoms with Crippen LogP contribution in [-0.4, -0.2) is 12.6 Å². The lowest BCUT2D eigenvalue weighted by atomic mass is 9.53. The Bertz CT molecular complexity index is 894. The molecule has 5 heteroatoms. The Labute approximate surface area is 189 Å². The average molecular weight is 446 g/mol. The number of benzene rings is 2. The number of methoxy groups -OCH3 is 1. The topological polar surface area (TPSA) is 30.5 Å². The van der Waals surface area contributed by atoms with Gasteiger partial charge in [-0.25, -0.2) is 0 Å². The molecule has 0 atom stereocenters. The van der Waals surface area contributed by atoms with Crippen molar-refractivity contribution in [3.63, 3.8) is 0 Å². The molecule has 2 aromatic carbocycles. The van der Waals surface area contributed by atoms with E-state index < -0.39 is 0 Å². The predicted molar refractivity (Wildman–Crippen MR) is 122 cm³/mol. The fourth-order valence-electron chi connectivity index (χ4n) is 6.35. The molecule has 0 radical (unpaired) electrons. The quantitative estimate of drug-likeness (QED) is 0.517. The molecule has 0 aliphatic heterocycles. The van der Waals surface area contributed by atoms with Crippen molar-refractivity contribution in [1.82, 2.24) is 5.32 Å². The molecule has 4 bridgehead atoms. The third-order valence-electron chi connectivity index (χ3n) is 7.31. The van der Waals surface area contributed by atoms with E-state index in [-0.39, 0.29) is 0 Å². The van der Waals surface area contributed by atoms with Crippen molar-refractivity contribution in [3.8, 4) is 11.5 Å². The molecule has 4 aliphatic rings. The molecule has 0 amide bonds. The number of nitrogens with one attached hydrogen (secondary N) is 1. The average Bonchev–Trinajstić information content (AvgIpc) is 2.72. The maximum atomic E-state index is 6.10. The van der Waals surface area contributed by atoms with Crippen LogP contribution in [0.3, 0.4) is 0 Å². The van der Waals surface area contributed by atoms with Crippen molar-refractivity contribution in [3.05, 3.63) is 57.6 Å². The molecule has 160 valence electrons. The van der Waals surface area contributed by atoms with Gasteiger partial charge in [-0.3, -0.25) is 0 Å². The van der Waals surface area contributed by atoms with E-state index >= 15 is 0 Å². The lowest BCUT2D eigenvalue weighted by molar-refractivity contribution is -0.0206. The third-order valence-corrected chi connectivity index (χ3v) is 8.05. The van der Waals surface area contributed by atoms with Gasteiger partial charge < -0.3 is 14.8 Å². The Balaban J connectivity index is 1.23. The molecule has 30 heavy (non-hydrogen) atoms. The number of hydrogen-bond donors (Lipinski definition) is 1. The van der Waals surface area contributed by atoms with Gasteiger partial charge in [-0.1, -0.05) is 35.3 Å². The van der Waals surface area contributed by atoms with E-state index in [4.69, 9.17) is 32.7 Å². The highest BCUT2D eigenvalue weighted by atomic mass is 35.5. The summed E-state index contributed by atoms with van der Waals surface area (Å²) >= 11 is 12.1. The highest BCUT2D eigenvalue weighted by Crippen LogP contribution is 2.55. The molecule has 0 spiro atoms. The van der Waals surface area contributed by atoms with E-state index in [2.05, 4.69) is 17.4 Å². The number of rotatable bonds is 7. The summed E-state index contributed by atoms with van der Waals surface area (Å²) in [5, 5.41) is 5.05. The monoisotopic (exact) mass is 445 g/mol. The van der Waals surface area contributed by atoms with Crippen LogP contribution < -0.4 is 14.8 Å². The zero-order chi connectivity index (χ0) is 20.7. The van der Waals surface area contributed by atoms with Gasteiger partial charge in [0.1, 0.15) is 6.61 Å². The zero-order valence-electron chi connectivity index (χ0n) is 17.4. The summed E-state index contributed by atoms with van der Waals surface area (Å²) in [6.07, 6.45) is 8.50. The fraction of sp³-hybridized carbons (Fsp3) is 0.520. The summed E-state index contributed by atoms with van der Waals surface area (Å²) in [5.41, 5.74) is 2.58. The molecular formula is C25H29Cl2NO2. The molecule has 0 saturated heterocycles. The van der Waals surface area contributed by atoms with Gasteiger partial charge in [0.25, 0.3) is 0 Å². The van der Waals surface area contributed by atoms with Gasteiger partial charge in [-0.2, -0.15) is 0 Å². The molecule has 4 fully saturated rings. The van der Waals surface area contributed by atoms with Crippen LogP contribution in [0.1, 0.15) is 49.7 Å². The van der Waals surface area contributed by atoms with E-state index in [0.29, 0.717) is 22.2 Å². The highest BCUT2D eigenvalue weighted by Gasteiger charge is 2.50. The van der Waals surface area contributed by atoms with Crippen molar-refractivity contribution < 1.29 is 9.47 Å². The van der Waals surface area contributed by atoms with Crippen LogP contribution in [0.2, 0.25) is 10.0 Å². The Kier molecular flexibility index (Phi) is 5.64. The minimum Gasteiger partial charge on any atom is -0.493 e. The van der Waals surface area contributed by atoms with Crippen molar-refractivity contribution in [2.24, 2.45) is 17.8 Å². The molecule has 4 saturated carbocycles. The maximum Gasteiger partial charge on any atom is 0.161 e. The van der Waals surface area contributed by atoms with Crippen molar-refractivity contribution in [2.75, 3.05) is 7.11 Å². The van der Waals surface area contributed by atoms with Crippen molar-refractivity contribution in [2.45, 2.75) is 57.2 Å². The number of hydrogen-bond acceptors (Lipinski definition) is 3. The zero-order valence-corrected chi connectivity index (χ0v) is 18.9. The summed E-state index contributed by atoms with van der Waals surface area (Å²) in [4.78, 5) is 0. The van der Waals surface area contributed by atoms with Crippen molar-refractivity contribution in [1.29, 1.82) is 0 Å². The van der Waals surface area contributed by atoms with Gasteiger partial charge in [0.15, 0.2) is 11.5 Å². The van der Waals surface area contributed by atoms with Crippen LogP contribution in [0.5, 0.6) is 11.5 Å². The summed E-state index contributed by atoms with van der Waals surface area (Å²) < 4.78 is 11.6. The van der Waals surface area contributed by atoms with Crippen LogP contribution in [0.25, 0.3) is 0 Å². The third kappa shape index (κ3) is 4.17. The first kappa shape index (κ1) is 20.5. The largest absolute Gasteiger partial charge is 0.493 e. The van der Waals surface area contributed by atoms with Gasteiger partial charge in [0.05, 0.1) is 17.2 Å². The number of halogens is 2. The minimum atomic E-state index is 0.366. The fourth-order valence-corrected chi connectivity index (χ4v) is 6.67. The van der Waals surface area contributed by atoms with E-state index in [1.807, 2.05) is 18.2 Å². The van der Waals surface area contributed by atoms with Crippen LogP contribution in [0, 0.1) is 17.8 Å². The normalized spacial score (nSPS) is 29.2. The Morgan fingerprint density at radius 2 is 1.53 bits per heavy atom. The SMILES string of the molecule is COc1cc(CNC23CC4CC(CC(C4)C2)C3)ccc1OCc1ccc(Cl)c(Cl)c1. The Morgan fingerprint density at radius 3 is 2.17 bits per heavy atom. The van der Waals surface area contributed by atoms with Crippen LogP contribution in [0.4, 0.5) is 0 Å². The van der Waals surface area contributed by atoms with Crippen LogP contribution in [-0.2, 0) is 13.2 Å². The maximum absolute atomic E-state index is 6.10. The molecular weight excluding hydrogens is 417 g/mol. The lowest BCUT2D eigenvalue weighted by Crippen LogP contribution is -2.58.